The van der Waals surface area contributed by atoms with E-state index in [1.54, 1.807) is 4.90 Å². The van der Waals surface area contributed by atoms with Gasteiger partial charge in [0.15, 0.2) is 0 Å². The molecule has 6 heteroatoms. The highest BCUT2D eigenvalue weighted by atomic mass is 16.5. The highest BCUT2D eigenvalue weighted by Gasteiger charge is 2.18. The van der Waals surface area contributed by atoms with Crippen molar-refractivity contribution < 1.29 is 15.1 Å². The van der Waals surface area contributed by atoms with Crippen LogP contribution in [0, 0.1) is 0 Å². The molecule has 0 bridgehead atoms. The zero-order valence-corrected chi connectivity index (χ0v) is 15.0. The predicted molar refractivity (Wildman–Crippen MR) is 106 cm³/mol. The Labute approximate surface area is 157 Å². The topological polar surface area (TPSA) is 77.7 Å². The fourth-order valence-electron chi connectivity index (χ4n) is 3.20. The Kier molecular flexibility index (Phi) is 5.90. The molecule has 0 fully saturated rings. The normalized spacial score (nSPS) is 10.7. The van der Waals surface area contributed by atoms with Crippen LogP contribution in [0.15, 0.2) is 73.1 Å². The summed E-state index contributed by atoms with van der Waals surface area (Å²) in [6.45, 7) is 4.04. The molecule has 0 saturated heterocycles. The van der Waals surface area contributed by atoms with E-state index in [2.05, 4.69) is 12.1 Å². The zero-order valence-electron chi connectivity index (χ0n) is 15.0. The van der Waals surface area contributed by atoms with Crippen LogP contribution in [-0.4, -0.2) is 33.9 Å². The van der Waals surface area contributed by atoms with E-state index in [9.17, 15) is 9.90 Å². The van der Waals surface area contributed by atoms with Crippen molar-refractivity contribution in [1.29, 1.82) is 0 Å². The lowest BCUT2D eigenvalue weighted by Gasteiger charge is -2.22. The summed E-state index contributed by atoms with van der Waals surface area (Å²) in [4.78, 5) is 14.5. The summed E-state index contributed by atoms with van der Waals surface area (Å²) in [6.07, 6.45) is 2.37. The first kappa shape index (κ1) is 18.7. The number of nitrogens with zero attached hydrogens (tertiary/aromatic N) is 2. The summed E-state index contributed by atoms with van der Waals surface area (Å²) in [7, 11) is 0. The molecule has 0 atom stereocenters. The maximum Gasteiger partial charge on any atom is 0.246 e. The number of hydroxylamine groups is 1. The molecule has 1 amide bonds. The fraction of sp³-hybridized carbons (Fsp3) is 0.190. The van der Waals surface area contributed by atoms with E-state index in [-0.39, 0.29) is 25.6 Å². The molecule has 1 heterocycles. The molecular weight excluding hydrogens is 342 g/mol. The maximum atomic E-state index is 13.0. The third-order valence-corrected chi connectivity index (χ3v) is 4.43. The molecule has 0 spiro atoms. The van der Waals surface area contributed by atoms with Crippen molar-refractivity contribution in [3.05, 3.63) is 78.6 Å². The maximum absolute atomic E-state index is 13.0. The molecule has 3 aromatic rings. The minimum absolute atomic E-state index is 0.110. The number of aromatic nitrogens is 1. The molecule has 0 aliphatic heterocycles. The number of hydrogen-bond acceptors (Lipinski definition) is 4. The number of anilines is 1. The number of fused-ring (bicyclic) bond motifs is 1. The molecule has 3 N–H and O–H groups in total. The second-order valence-electron chi connectivity index (χ2n) is 6.30. The van der Waals surface area contributed by atoms with Crippen LogP contribution in [-0.2, 0) is 17.8 Å². The molecule has 6 nitrogen and oxygen atoms in total. The lowest BCUT2D eigenvalue weighted by Crippen LogP contribution is -2.36. The zero-order chi connectivity index (χ0) is 19.2. The van der Waals surface area contributed by atoms with Gasteiger partial charge in [0.05, 0.1) is 6.61 Å². The number of carbonyl (C=O) groups is 1. The highest BCUT2D eigenvalue weighted by Crippen LogP contribution is 2.24. The Bertz CT molecular complexity index is 934. The molecule has 27 heavy (non-hydrogen) atoms. The molecule has 0 aliphatic carbocycles. The first-order chi connectivity index (χ1) is 13.1. The minimum atomic E-state index is -0.111. The van der Waals surface area contributed by atoms with Gasteiger partial charge in [-0.2, -0.15) is 0 Å². The molecule has 0 saturated carbocycles. The van der Waals surface area contributed by atoms with Gasteiger partial charge in [-0.3, -0.25) is 15.5 Å². The molecule has 140 valence electrons. The van der Waals surface area contributed by atoms with E-state index in [1.807, 2.05) is 65.4 Å². The van der Waals surface area contributed by atoms with Crippen LogP contribution < -0.4 is 10.4 Å². The van der Waals surface area contributed by atoms with Gasteiger partial charge >= 0.3 is 0 Å². The van der Waals surface area contributed by atoms with Crippen molar-refractivity contribution in [3.63, 3.8) is 0 Å². The van der Waals surface area contributed by atoms with E-state index >= 15 is 0 Å². The Morgan fingerprint density at radius 2 is 1.81 bits per heavy atom. The lowest BCUT2D eigenvalue weighted by molar-refractivity contribution is -0.119. The number of para-hydroxylation sites is 2. The Hall–Kier alpha value is -3.09. The van der Waals surface area contributed by atoms with E-state index in [4.69, 9.17) is 5.21 Å². The molecule has 0 aliphatic rings. The van der Waals surface area contributed by atoms with Gasteiger partial charge in [0.25, 0.3) is 0 Å². The standard InChI is InChI=1S/C21H23N3O3/c1-16(22-27)13-17-14-23(20-10-6-5-9-19(17)20)15-21(26)24(11-12-25)18-7-3-2-4-8-18/h2-10,14,22,25,27H,1,11-13,15H2. The van der Waals surface area contributed by atoms with Crippen LogP contribution in [0.25, 0.3) is 10.9 Å². The van der Waals surface area contributed by atoms with Gasteiger partial charge in [-0.15, -0.1) is 0 Å². The average Bonchev–Trinajstić information content (AvgIpc) is 3.04. The van der Waals surface area contributed by atoms with Gasteiger partial charge in [0, 0.05) is 41.4 Å². The second kappa shape index (κ2) is 8.53. The van der Waals surface area contributed by atoms with Gasteiger partial charge in [-0.1, -0.05) is 43.0 Å². The second-order valence-corrected chi connectivity index (χ2v) is 6.30. The Morgan fingerprint density at radius 1 is 1.11 bits per heavy atom. The van der Waals surface area contributed by atoms with Crippen molar-refractivity contribution in [1.82, 2.24) is 10.0 Å². The van der Waals surface area contributed by atoms with Gasteiger partial charge < -0.3 is 14.6 Å². The summed E-state index contributed by atoms with van der Waals surface area (Å²) >= 11 is 0. The molecule has 3 rings (SSSR count). The number of hydrogen-bond donors (Lipinski definition) is 3. The number of aliphatic hydroxyl groups is 1. The molecule has 2 aromatic carbocycles. The number of carbonyl (C=O) groups excluding carboxylic acids is 1. The van der Waals surface area contributed by atoms with Crippen LogP contribution in [0.2, 0.25) is 0 Å². The summed E-state index contributed by atoms with van der Waals surface area (Å²) < 4.78 is 1.89. The molecule has 0 unspecified atom stereocenters. The van der Waals surface area contributed by atoms with Crippen LogP contribution in [0.4, 0.5) is 5.69 Å². The van der Waals surface area contributed by atoms with E-state index < -0.39 is 0 Å². The van der Waals surface area contributed by atoms with Gasteiger partial charge in [0.2, 0.25) is 5.91 Å². The number of allylic oxidation sites excluding steroid dienone is 1. The van der Waals surface area contributed by atoms with Crippen LogP contribution in [0.1, 0.15) is 5.56 Å². The van der Waals surface area contributed by atoms with Crippen LogP contribution in [0.5, 0.6) is 0 Å². The predicted octanol–water partition coefficient (Wildman–Crippen LogP) is 2.70. The third-order valence-electron chi connectivity index (χ3n) is 4.43. The number of rotatable bonds is 8. The van der Waals surface area contributed by atoms with Crippen molar-refractivity contribution in [3.8, 4) is 0 Å². The fourth-order valence-corrected chi connectivity index (χ4v) is 3.20. The van der Waals surface area contributed by atoms with Crippen LogP contribution >= 0.6 is 0 Å². The van der Waals surface area contributed by atoms with Crippen molar-refractivity contribution in [2.45, 2.75) is 13.0 Å². The van der Waals surface area contributed by atoms with E-state index in [0.717, 1.165) is 22.2 Å². The number of nitrogens with one attached hydrogen (secondary N) is 1. The largest absolute Gasteiger partial charge is 0.395 e. The summed E-state index contributed by atoms with van der Waals surface area (Å²) in [5, 5.41) is 19.4. The highest BCUT2D eigenvalue weighted by molar-refractivity contribution is 5.94. The lowest BCUT2D eigenvalue weighted by atomic mass is 10.1. The van der Waals surface area contributed by atoms with Gasteiger partial charge in [0.1, 0.15) is 6.54 Å². The van der Waals surface area contributed by atoms with E-state index in [0.29, 0.717) is 12.1 Å². The van der Waals surface area contributed by atoms with Crippen molar-refractivity contribution in [2.24, 2.45) is 0 Å². The van der Waals surface area contributed by atoms with Gasteiger partial charge in [-0.05, 0) is 23.8 Å². The van der Waals surface area contributed by atoms with Crippen molar-refractivity contribution >= 4 is 22.5 Å². The minimum Gasteiger partial charge on any atom is -0.395 e. The monoisotopic (exact) mass is 365 g/mol. The average molecular weight is 365 g/mol. The molecular formula is C21H23N3O3. The Balaban J connectivity index is 1.91. The number of benzene rings is 2. The summed E-state index contributed by atoms with van der Waals surface area (Å²) in [5.74, 6) is -0.110. The van der Waals surface area contributed by atoms with E-state index in [1.165, 1.54) is 0 Å². The van der Waals surface area contributed by atoms with Crippen molar-refractivity contribution in [2.75, 3.05) is 18.1 Å². The SMILES string of the molecule is C=C(Cc1cn(CC(=O)N(CCO)c2ccccc2)c2ccccc12)NO. The third kappa shape index (κ3) is 4.19. The first-order valence-electron chi connectivity index (χ1n) is 8.75. The number of amides is 1. The molecule has 1 aromatic heterocycles. The van der Waals surface area contributed by atoms with Crippen LogP contribution in [0.3, 0.4) is 0 Å². The first-order valence-corrected chi connectivity index (χ1v) is 8.75. The number of aliphatic hydroxyl groups excluding tert-OH is 1. The smallest absolute Gasteiger partial charge is 0.246 e. The Morgan fingerprint density at radius 3 is 2.52 bits per heavy atom. The quantitative estimate of drug-likeness (QED) is 0.537. The van der Waals surface area contributed by atoms with Gasteiger partial charge in [-0.25, -0.2) is 0 Å². The molecule has 0 radical (unpaired) electrons. The summed E-state index contributed by atoms with van der Waals surface area (Å²) in [6, 6.07) is 17.1. The summed E-state index contributed by atoms with van der Waals surface area (Å²) in [5.41, 5.74) is 5.22.